The summed E-state index contributed by atoms with van der Waals surface area (Å²) in [4.78, 5) is 16.3. The summed E-state index contributed by atoms with van der Waals surface area (Å²) in [5.41, 5.74) is 6.85. The van der Waals surface area contributed by atoms with E-state index >= 15 is 0 Å². The molecule has 0 bridgehead atoms. The number of hydrogen-bond acceptors (Lipinski definition) is 2. The molecule has 0 spiro atoms. The average molecular weight is 491 g/mol. The molecule has 1 heterocycles. The second-order valence-corrected chi connectivity index (χ2v) is 14.9. The summed E-state index contributed by atoms with van der Waals surface area (Å²) >= 11 is 0. The van der Waals surface area contributed by atoms with E-state index in [0.29, 0.717) is 0 Å². The molecule has 0 radical (unpaired) electrons. The van der Waals surface area contributed by atoms with Gasteiger partial charge in [-0.1, -0.05) is 95.2 Å². The normalized spacial score (nSPS) is 17.4. The van der Waals surface area contributed by atoms with Crippen molar-refractivity contribution in [1.82, 2.24) is 5.32 Å². The number of rotatable bonds is 3. The Morgan fingerprint density at radius 2 is 0.972 bits per heavy atom. The Labute approximate surface area is 221 Å². The van der Waals surface area contributed by atoms with Gasteiger partial charge in [-0.15, -0.1) is 0 Å². The van der Waals surface area contributed by atoms with Crippen molar-refractivity contribution in [3.05, 3.63) is 58.7 Å². The fourth-order valence-corrected chi connectivity index (χ4v) is 4.67. The van der Waals surface area contributed by atoms with Gasteiger partial charge in [-0.25, -0.2) is 0 Å². The van der Waals surface area contributed by atoms with Crippen molar-refractivity contribution in [2.24, 2.45) is 0 Å². The molecule has 198 valence electrons. The number of nitrogens with zero attached hydrogens (tertiary/aromatic N) is 1. The number of carbonyl (C=O) groups is 1. The van der Waals surface area contributed by atoms with Crippen molar-refractivity contribution in [1.29, 1.82) is 0 Å². The van der Waals surface area contributed by atoms with Crippen LogP contribution in [0, 0.1) is 0 Å². The topological polar surface area (TPSA) is 32.3 Å². The zero-order valence-corrected chi connectivity index (χ0v) is 25.0. The first-order chi connectivity index (χ1) is 16.3. The average Bonchev–Trinajstić information content (AvgIpc) is 3.26. The highest BCUT2D eigenvalue weighted by Crippen LogP contribution is 2.39. The molecule has 1 saturated heterocycles. The van der Waals surface area contributed by atoms with E-state index in [4.69, 9.17) is 0 Å². The maximum atomic E-state index is 14.3. The second-order valence-electron chi connectivity index (χ2n) is 14.9. The fourth-order valence-electron chi connectivity index (χ4n) is 4.67. The molecule has 3 nitrogen and oxygen atoms in total. The monoisotopic (exact) mass is 490 g/mol. The summed E-state index contributed by atoms with van der Waals surface area (Å²) in [6.07, 6.45) is 1.92. The van der Waals surface area contributed by atoms with Gasteiger partial charge in [0.05, 0.1) is 6.04 Å². The lowest BCUT2D eigenvalue weighted by atomic mass is 9.79. The number of nitrogens with one attached hydrogen (secondary N) is 1. The van der Waals surface area contributed by atoms with Crippen molar-refractivity contribution in [2.45, 2.75) is 124 Å². The third-order valence-corrected chi connectivity index (χ3v) is 7.39. The van der Waals surface area contributed by atoms with Crippen LogP contribution in [0.25, 0.3) is 0 Å². The van der Waals surface area contributed by atoms with Crippen LogP contribution in [-0.2, 0) is 26.5 Å². The Hall–Kier alpha value is -2.13. The van der Waals surface area contributed by atoms with E-state index in [1.165, 1.54) is 22.3 Å². The lowest BCUT2D eigenvalue weighted by molar-refractivity contribution is -0.119. The van der Waals surface area contributed by atoms with Gasteiger partial charge in [0, 0.05) is 11.4 Å². The molecular formula is C33H50N2O. The summed E-state index contributed by atoms with van der Waals surface area (Å²) in [6, 6.07) is 13.5. The zero-order valence-electron chi connectivity index (χ0n) is 25.0. The van der Waals surface area contributed by atoms with Crippen LogP contribution >= 0.6 is 0 Å². The van der Waals surface area contributed by atoms with E-state index in [-0.39, 0.29) is 33.6 Å². The van der Waals surface area contributed by atoms with Gasteiger partial charge >= 0.3 is 0 Å². The quantitative estimate of drug-likeness (QED) is 0.469. The molecule has 1 aliphatic heterocycles. The summed E-state index contributed by atoms with van der Waals surface area (Å²) in [5.74, 6) is 0.143. The van der Waals surface area contributed by atoms with Crippen molar-refractivity contribution in [3.63, 3.8) is 0 Å². The van der Waals surface area contributed by atoms with Crippen LogP contribution in [0.3, 0.4) is 0 Å². The first-order valence-corrected chi connectivity index (χ1v) is 13.7. The zero-order chi connectivity index (χ0) is 27.3. The highest BCUT2D eigenvalue weighted by Gasteiger charge is 2.32. The fraction of sp³-hybridized carbons (Fsp3) is 0.606. The third-order valence-electron chi connectivity index (χ3n) is 7.39. The molecule has 1 aliphatic rings. The van der Waals surface area contributed by atoms with Crippen molar-refractivity contribution in [3.8, 4) is 0 Å². The molecule has 3 rings (SSSR count). The minimum absolute atomic E-state index is 0.0276. The van der Waals surface area contributed by atoms with E-state index in [0.717, 1.165) is 30.8 Å². The van der Waals surface area contributed by atoms with Gasteiger partial charge in [0.2, 0.25) is 5.91 Å². The molecule has 1 fully saturated rings. The molecule has 36 heavy (non-hydrogen) atoms. The molecule has 2 aromatic rings. The van der Waals surface area contributed by atoms with Crippen LogP contribution in [0.4, 0.5) is 11.4 Å². The summed E-state index contributed by atoms with van der Waals surface area (Å²) in [6.45, 7) is 27.9. The molecule has 0 aliphatic carbocycles. The van der Waals surface area contributed by atoms with Crippen LogP contribution in [0.15, 0.2) is 36.4 Å². The molecule has 1 amide bonds. The maximum Gasteiger partial charge on any atom is 0.248 e. The number of amides is 1. The van der Waals surface area contributed by atoms with Crippen molar-refractivity contribution < 1.29 is 4.79 Å². The lowest BCUT2D eigenvalue weighted by Gasteiger charge is -2.33. The number of hydrogen-bond donors (Lipinski definition) is 1. The number of carbonyl (C=O) groups excluding carboxylic acids is 1. The standard InChI is InChI=1S/C33H50N2O/c1-30(2,3)22-16-23(31(4,5)6)19-26(18-22)35(29(36)28-14-13-15-34-28)27-20-24(32(7,8)9)17-25(21-27)33(10,11)12/h16-21,28,34H,13-15H2,1-12H3/t28-/m0/s1. The van der Waals surface area contributed by atoms with E-state index in [2.05, 4.69) is 125 Å². The van der Waals surface area contributed by atoms with Gasteiger partial charge in [-0.2, -0.15) is 0 Å². The predicted molar refractivity (Wildman–Crippen MR) is 156 cm³/mol. The Kier molecular flexibility index (Phi) is 7.61. The Balaban J connectivity index is 2.35. The molecule has 1 N–H and O–H groups in total. The Morgan fingerprint density at radius 1 is 0.639 bits per heavy atom. The van der Waals surface area contributed by atoms with Gasteiger partial charge < -0.3 is 5.32 Å². The minimum atomic E-state index is -0.155. The summed E-state index contributed by atoms with van der Waals surface area (Å²) < 4.78 is 0. The molecule has 0 aromatic heterocycles. The molecule has 0 saturated carbocycles. The second kappa shape index (κ2) is 9.63. The molecule has 2 aromatic carbocycles. The largest absolute Gasteiger partial charge is 0.306 e. The smallest absolute Gasteiger partial charge is 0.248 e. The predicted octanol–water partition coefficient (Wildman–Crippen LogP) is 8.29. The maximum absolute atomic E-state index is 14.3. The van der Waals surface area contributed by atoms with E-state index < -0.39 is 0 Å². The van der Waals surface area contributed by atoms with Gasteiger partial charge in [0.15, 0.2) is 0 Å². The van der Waals surface area contributed by atoms with Crippen LogP contribution in [0.5, 0.6) is 0 Å². The van der Waals surface area contributed by atoms with Crippen LogP contribution < -0.4 is 10.2 Å². The van der Waals surface area contributed by atoms with Crippen LogP contribution in [-0.4, -0.2) is 18.5 Å². The van der Waals surface area contributed by atoms with Crippen molar-refractivity contribution >= 4 is 17.3 Å². The summed E-state index contributed by atoms with van der Waals surface area (Å²) in [7, 11) is 0. The van der Waals surface area contributed by atoms with E-state index in [1.807, 2.05) is 4.90 Å². The number of anilines is 2. The van der Waals surface area contributed by atoms with Crippen molar-refractivity contribution in [2.75, 3.05) is 11.4 Å². The number of benzene rings is 2. The third kappa shape index (κ3) is 6.40. The van der Waals surface area contributed by atoms with Gasteiger partial charge in [0.1, 0.15) is 0 Å². The highest BCUT2D eigenvalue weighted by molar-refractivity contribution is 6.04. The van der Waals surface area contributed by atoms with E-state index in [9.17, 15) is 4.79 Å². The lowest BCUT2D eigenvalue weighted by Crippen LogP contribution is -2.41. The molecule has 0 unspecified atom stereocenters. The van der Waals surface area contributed by atoms with E-state index in [1.54, 1.807) is 0 Å². The molecule has 1 atom stereocenters. The first kappa shape index (κ1) is 28.4. The Bertz CT molecular complexity index is 954. The van der Waals surface area contributed by atoms with Gasteiger partial charge in [0.25, 0.3) is 0 Å². The highest BCUT2D eigenvalue weighted by atomic mass is 16.2. The van der Waals surface area contributed by atoms with Crippen LogP contribution in [0.2, 0.25) is 0 Å². The van der Waals surface area contributed by atoms with Gasteiger partial charge in [-0.3, -0.25) is 9.69 Å². The molecule has 3 heteroatoms. The molecular weight excluding hydrogens is 440 g/mol. The van der Waals surface area contributed by atoms with Gasteiger partial charge in [-0.05, 0) is 87.6 Å². The SMILES string of the molecule is CC(C)(C)c1cc(N(C(=O)[C@@H]2CCCN2)c2cc(C(C)(C)C)cc(C(C)(C)C)c2)cc(C(C)(C)C)c1. The minimum Gasteiger partial charge on any atom is -0.306 e. The Morgan fingerprint density at radius 3 is 1.22 bits per heavy atom. The summed E-state index contributed by atoms with van der Waals surface area (Å²) in [5, 5.41) is 3.46. The van der Waals surface area contributed by atoms with Crippen LogP contribution in [0.1, 0.15) is 118 Å². The first-order valence-electron chi connectivity index (χ1n) is 13.7.